The van der Waals surface area contributed by atoms with Crippen molar-refractivity contribution in [2.75, 3.05) is 54.9 Å². The zero-order valence-electron chi connectivity index (χ0n) is 28.4. The summed E-state index contributed by atoms with van der Waals surface area (Å²) in [5.41, 5.74) is 3.90. The molecule has 0 amide bonds. The van der Waals surface area contributed by atoms with Crippen LogP contribution in [0.4, 0.5) is 11.4 Å². The molecule has 0 spiro atoms. The molecule has 262 valence electrons. The van der Waals surface area contributed by atoms with Crippen LogP contribution in [0.3, 0.4) is 0 Å². The molecule has 2 aliphatic heterocycles. The van der Waals surface area contributed by atoms with E-state index in [-0.39, 0.29) is 17.8 Å². The Hall–Kier alpha value is -4.30. The monoisotopic (exact) mass is 716 g/mol. The Labute approximate surface area is 300 Å². The standard InChI is InChI=1S/C36H41ClN8O4S/c1-4-26(2)45-35(46)44(25-39-45)31-11-9-29(10-12-31)42-17-19-43(20-18-42)30-13-15-32(16-14-30)47-21-33-22-48-36(49-33,27-5-7-28(37)8-6-27)23-50-34-40-38-24-41(34)3/h5-16,24-26,33H,4,17-23H2,1-3H3/t26?,33?,36-/m1/s1. The highest BCUT2D eigenvalue weighted by Gasteiger charge is 2.44. The van der Waals surface area contributed by atoms with Crippen molar-refractivity contribution < 1.29 is 14.2 Å². The van der Waals surface area contributed by atoms with Gasteiger partial charge in [-0.25, -0.2) is 14.0 Å². The molecule has 12 nitrogen and oxygen atoms in total. The van der Waals surface area contributed by atoms with E-state index in [1.165, 1.54) is 11.8 Å². The molecule has 5 aromatic rings. The Morgan fingerprint density at radius 1 is 0.940 bits per heavy atom. The van der Waals surface area contributed by atoms with Crippen molar-refractivity contribution in [2.45, 2.75) is 43.4 Å². The van der Waals surface area contributed by atoms with Gasteiger partial charge in [0, 0.05) is 55.2 Å². The maximum absolute atomic E-state index is 12.8. The number of rotatable bonds is 12. The molecule has 0 aliphatic carbocycles. The summed E-state index contributed by atoms with van der Waals surface area (Å²) in [6.45, 7) is 8.40. The zero-order chi connectivity index (χ0) is 34.7. The largest absolute Gasteiger partial charge is 0.491 e. The molecule has 0 bridgehead atoms. The Morgan fingerprint density at radius 2 is 1.58 bits per heavy atom. The van der Waals surface area contributed by atoms with Gasteiger partial charge in [0.1, 0.15) is 31.1 Å². The quantitative estimate of drug-likeness (QED) is 0.153. The molecule has 3 aromatic carbocycles. The van der Waals surface area contributed by atoms with Crippen LogP contribution < -0.4 is 20.2 Å². The van der Waals surface area contributed by atoms with Gasteiger partial charge in [0.2, 0.25) is 5.79 Å². The van der Waals surface area contributed by atoms with Crippen molar-refractivity contribution in [1.29, 1.82) is 0 Å². The smallest absolute Gasteiger partial charge is 0.350 e. The maximum Gasteiger partial charge on any atom is 0.350 e. The van der Waals surface area contributed by atoms with Crippen LogP contribution in [0, 0.1) is 0 Å². The summed E-state index contributed by atoms with van der Waals surface area (Å²) in [6.07, 6.45) is 3.88. The van der Waals surface area contributed by atoms with Gasteiger partial charge in [-0.05, 0) is 74.0 Å². The first kappa shape index (κ1) is 34.2. The van der Waals surface area contributed by atoms with E-state index in [0.29, 0.717) is 24.0 Å². The van der Waals surface area contributed by atoms with E-state index >= 15 is 0 Å². The van der Waals surface area contributed by atoms with E-state index in [2.05, 4.69) is 56.3 Å². The number of hydrogen-bond donors (Lipinski definition) is 0. The SMILES string of the molecule is CCC(C)n1ncn(-c2ccc(N3CCN(c4ccc(OCC5CO[C@@](CSc6nncn6C)(c6ccc(Cl)cc6)O5)cc4)CC3)cc2)c1=O. The number of nitrogens with zero attached hydrogens (tertiary/aromatic N) is 8. The summed E-state index contributed by atoms with van der Waals surface area (Å²) in [4.78, 5) is 17.6. The van der Waals surface area contributed by atoms with Gasteiger partial charge >= 0.3 is 5.69 Å². The van der Waals surface area contributed by atoms with Gasteiger partial charge in [-0.1, -0.05) is 42.4 Å². The van der Waals surface area contributed by atoms with Gasteiger partial charge in [0.15, 0.2) is 5.16 Å². The average molecular weight is 717 g/mol. The minimum Gasteiger partial charge on any atom is -0.491 e. The first-order valence-electron chi connectivity index (χ1n) is 16.9. The fraction of sp³-hybridized carbons (Fsp3) is 0.389. The summed E-state index contributed by atoms with van der Waals surface area (Å²) in [7, 11) is 1.91. The Kier molecular flexibility index (Phi) is 10.2. The van der Waals surface area contributed by atoms with E-state index in [0.717, 1.165) is 66.1 Å². The van der Waals surface area contributed by atoms with Gasteiger partial charge < -0.3 is 28.6 Å². The normalized spacial score (nSPS) is 20.0. The van der Waals surface area contributed by atoms with Crippen LogP contribution in [0.1, 0.15) is 31.9 Å². The van der Waals surface area contributed by atoms with E-state index in [1.54, 1.807) is 21.9 Å². The van der Waals surface area contributed by atoms with Crippen molar-refractivity contribution >= 4 is 34.7 Å². The lowest BCUT2D eigenvalue weighted by Crippen LogP contribution is -2.46. The van der Waals surface area contributed by atoms with Crippen LogP contribution in [0.15, 0.2) is 95.4 Å². The van der Waals surface area contributed by atoms with Gasteiger partial charge in [-0.15, -0.1) is 10.2 Å². The zero-order valence-corrected chi connectivity index (χ0v) is 30.0. The Bertz CT molecular complexity index is 1920. The number of hydrogen-bond acceptors (Lipinski definition) is 10. The van der Waals surface area contributed by atoms with Crippen LogP contribution in [0.2, 0.25) is 5.02 Å². The summed E-state index contributed by atoms with van der Waals surface area (Å²) >= 11 is 7.70. The molecule has 50 heavy (non-hydrogen) atoms. The molecule has 14 heteroatoms. The number of halogens is 1. The number of aromatic nitrogens is 6. The summed E-state index contributed by atoms with van der Waals surface area (Å²) < 4.78 is 24.1. The van der Waals surface area contributed by atoms with Crippen molar-refractivity contribution in [1.82, 2.24) is 29.1 Å². The number of benzene rings is 3. The average Bonchev–Trinajstić information content (AvgIpc) is 3.88. The van der Waals surface area contributed by atoms with E-state index in [1.807, 2.05) is 67.1 Å². The predicted molar refractivity (Wildman–Crippen MR) is 195 cm³/mol. The fourth-order valence-corrected chi connectivity index (χ4v) is 7.30. The molecular weight excluding hydrogens is 676 g/mol. The number of thioether (sulfide) groups is 1. The molecule has 4 heterocycles. The van der Waals surface area contributed by atoms with Gasteiger partial charge in [-0.3, -0.25) is 0 Å². The minimum absolute atomic E-state index is 0.0680. The molecule has 0 N–H and O–H groups in total. The van der Waals surface area contributed by atoms with E-state index in [4.69, 9.17) is 25.8 Å². The topological polar surface area (TPSA) is 105 Å². The fourth-order valence-electron chi connectivity index (χ4n) is 6.18. The lowest BCUT2D eigenvalue weighted by molar-refractivity contribution is -0.160. The van der Waals surface area contributed by atoms with Crippen molar-refractivity contribution in [2.24, 2.45) is 7.05 Å². The highest BCUT2D eigenvalue weighted by molar-refractivity contribution is 7.99. The number of aryl methyl sites for hydroxylation is 1. The Balaban J connectivity index is 0.914. The lowest BCUT2D eigenvalue weighted by Gasteiger charge is -2.37. The second-order valence-electron chi connectivity index (χ2n) is 12.6. The van der Waals surface area contributed by atoms with Crippen LogP contribution >= 0.6 is 23.4 Å². The maximum atomic E-state index is 12.8. The van der Waals surface area contributed by atoms with Gasteiger partial charge in [0.05, 0.1) is 24.1 Å². The van der Waals surface area contributed by atoms with Crippen LogP contribution in [-0.4, -0.2) is 80.4 Å². The van der Waals surface area contributed by atoms with Gasteiger partial charge in [-0.2, -0.15) is 5.10 Å². The third kappa shape index (κ3) is 7.27. The van der Waals surface area contributed by atoms with Crippen LogP contribution in [0.25, 0.3) is 5.69 Å². The van der Waals surface area contributed by atoms with E-state index in [9.17, 15) is 4.79 Å². The molecule has 2 aromatic heterocycles. The van der Waals surface area contributed by atoms with Crippen LogP contribution in [0.5, 0.6) is 5.75 Å². The molecule has 3 atom stereocenters. The lowest BCUT2D eigenvalue weighted by atomic mass is 10.1. The third-order valence-corrected chi connectivity index (χ3v) is 10.7. The highest BCUT2D eigenvalue weighted by atomic mass is 35.5. The molecule has 2 unspecified atom stereocenters. The number of ether oxygens (including phenoxy) is 3. The number of piperazine rings is 1. The Morgan fingerprint density at radius 3 is 2.20 bits per heavy atom. The molecule has 2 fully saturated rings. The molecule has 7 rings (SSSR count). The molecule has 0 radical (unpaired) electrons. The van der Waals surface area contributed by atoms with Gasteiger partial charge in [0.25, 0.3) is 0 Å². The molecule has 0 saturated carbocycles. The first-order valence-corrected chi connectivity index (χ1v) is 18.2. The first-order chi connectivity index (χ1) is 24.3. The minimum atomic E-state index is -0.958. The highest BCUT2D eigenvalue weighted by Crippen LogP contribution is 2.39. The van der Waals surface area contributed by atoms with Crippen molar-refractivity contribution in [3.63, 3.8) is 0 Å². The summed E-state index contributed by atoms with van der Waals surface area (Å²) in [5.74, 6) is 0.319. The molecule has 2 saturated heterocycles. The van der Waals surface area contributed by atoms with Crippen LogP contribution in [-0.2, 0) is 22.3 Å². The predicted octanol–water partition coefficient (Wildman–Crippen LogP) is 5.55. The van der Waals surface area contributed by atoms with Crippen molar-refractivity contribution in [3.8, 4) is 11.4 Å². The second-order valence-corrected chi connectivity index (χ2v) is 14.0. The molecular formula is C36H41ClN8O4S. The summed E-state index contributed by atoms with van der Waals surface area (Å²) in [5, 5.41) is 13.9. The van der Waals surface area contributed by atoms with Crippen molar-refractivity contribution in [3.05, 3.63) is 107 Å². The second kappa shape index (κ2) is 14.9. The number of anilines is 2. The summed E-state index contributed by atoms with van der Waals surface area (Å²) in [6, 6.07) is 24.0. The molecule has 2 aliphatic rings. The third-order valence-electron chi connectivity index (χ3n) is 9.32. The van der Waals surface area contributed by atoms with E-state index < -0.39 is 5.79 Å².